The van der Waals surface area contributed by atoms with E-state index < -0.39 is 17.7 Å². The van der Waals surface area contributed by atoms with Crippen molar-refractivity contribution >= 4 is 29.1 Å². The molecule has 2 N–H and O–H groups in total. The molecule has 1 unspecified atom stereocenters. The molecular weight excluding hydrogens is 432 g/mol. The summed E-state index contributed by atoms with van der Waals surface area (Å²) in [4.78, 5) is 29.7. The molecule has 0 saturated carbocycles. The van der Waals surface area contributed by atoms with Crippen molar-refractivity contribution in [2.24, 2.45) is 0 Å². The predicted octanol–water partition coefficient (Wildman–Crippen LogP) is 3.82. The second-order valence-corrected chi connectivity index (χ2v) is 7.86. The Morgan fingerprint density at radius 1 is 1.12 bits per heavy atom. The molecule has 1 saturated heterocycles. The van der Waals surface area contributed by atoms with Crippen LogP contribution < -0.4 is 4.74 Å². The first-order valence-electron chi connectivity index (χ1n) is 10.5. The van der Waals surface area contributed by atoms with Gasteiger partial charge >= 0.3 is 0 Å². The summed E-state index contributed by atoms with van der Waals surface area (Å²) < 4.78 is 5.22. The van der Waals surface area contributed by atoms with Crippen molar-refractivity contribution in [2.45, 2.75) is 19.9 Å². The molecule has 2 aromatic carbocycles. The number of aromatic hydroxyl groups is 1. The zero-order chi connectivity index (χ0) is 23.4. The number of hydrogen-bond donors (Lipinski definition) is 2. The minimum Gasteiger partial charge on any atom is -0.508 e. The van der Waals surface area contributed by atoms with Crippen molar-refractivity contribution in [1.29, 1.82) is 0 Å². The van der Waals surface area contributed by atoms with Crippen molar-refractivity contribution in [1.82, 2.24) is 9.80 Å². The van der Waals surface area contributed by atoms with Crippen LogP contribution in [-0.4, -0.2) is 65.0 Å². The average Bonchev–Trinajstić information content (AvgIpc) is 3.05. The first-order valence-corrected chi connectivity index (χ1v) is 10.8. The third kappa shape index (κ3) is 4.59. The number of aliphatic hydroxyl groups excluding tert-OH is 1. The number of halogens is 1. The standard InChI is InChI=1S/C24H27ClN2O5/c1-4-26(5-2)12-13-27-21(15-6-8-16(28)9-7-15)20(23(30)24(27)31)22(29)18-14-17(32-3)10-11-19(18)25/h6-11,14,21,28-29H,4-5,12-13H2,1-3H3/b22-20+. The number of ether oxygens (including phenoxy) is 1. The Bertz CT molecular complexity index is 1030. The summed E-state index contributed by atoms with van der Waals surface area (Å²) in [6, 6.07) is 10.1. The highest BCUT2D eigenvalue weighted by Crippen LogP contribution is 2.41. The van der Waals surface area contributed by atoms with Gasteiger partial charge in [-0.05, 0) is 49.0 Å². The molecule has 1 aliphatic heterocycles. The molecule has 0 spiro atoms. The number of phenols is 1. The lowest BCUT2D eigenvalue weighted by molar-refractivity contribution is -0.140. The number of nitrogens with zero attached hydrogens (tertiary/aromatic N) is 2. The molecule has 0 radical (unpaired) electrons. The number of benzene rings is 2. The molecule has 1 atom stereocenters. The number of carbonyl (C=O) groups excluding carboxylic acids is 2. The zero-order valence-corrected chi connectivity index (χ0v) is 19.1. The van der Waals surface area contributed by atoms with Gasteiger partial charge in [0, 0.05) is 18.7 Å². The number of phenolic OH excluding ortho intramolecular Hbond substituents is 1. The Hall–Kier alpha value is -3.03. The number of rotatable bonds is 8. The molecule has 0 aromatic heterocycles. The Balaban J connectivity index is 2.14. The van der Waals surface area contributed by atoms with E-state index in [1.54, 1.807) is 24.3 Å². The van der Waals surface area contributed by atoms with Gasteiger partial charge in [0.25, 0.3) is 11.7 Å². The van der Waals surface area contributed by atoms with Gasteiger partial charge < -0.3 is 24.7 Å². The summed E-state index contributed by atoms with van der Waals surface area (Å²) in [6.45, 7) is 6.56. The van der Waals surface area contributed by atoms with Crippen LogP contribution in [0.5, 0.6) is 11.5 Å². The molecule has 3 rings (SSSR count). The van der Waals surface area contributed by atoms with Gasteiger partial charge in [0.05, 0.1) is 23.7 Å². The normalized spacial score (nSPS) is 17.9. The SMILES string of the molecule is CCN(CC)CCN1C(=O)C(=O)/C(=C(/O)c2cc(OC)ccc2Cl)C1c1ccc(O)cc1. The fourth-order valence-electron chi connectivity index (χ4n) is 3.86. The van der Waals surface area contributed by atoms with Crippen LogP contribution in [0, 0.1) is 0 Å². The minimum atomic E-state index is -0.812. The Morgan fingerprint density at radius 3 is 2.38 bits per heavy atom. The topological polar surface area (TPSA) is 90.3 Å². The molecule has 0 bridgehead atoms. The second kappa shape index (κ2) is 10.1. The van der Waals surface area contributed by atoms with Crippen LogP contribution in [0.2, 0.25) is 5.02 Å². The van der Waals surface area contributed by atoms with Crippen LogP contribution >= 0.6 is 11.6 Å². The number of carbonyl (C=O) groups is 2. The number of likely N-dealkylation sites (N-methyl/N-ethyl adjacent to an activating group) is 1. The molecule has 0 aliphatic carbocycles. The number of methoxy groups -OCH3 is 1. The highest BCUT2D eigenvalue weighted by Gasteiger charge is 2.46. The monoisotopic (exact) mass is 458 g/mol. The summed E-state index contributed by atoms with van der Waals surface area (Å²) in [5, 5.41) is 21.1. The van der Waals surface area contributed by atoms with Gasteiger partial charge in [0.2, 0.25) is 0 Å². The lowest BCUT2D eigenvalue weighted by atomic mass is 9.95. The minimum absolute atomic E-state index is 0.0459. The molecule has 32 heavy (non-hydrogen) atoms. The highest BCUT2D eigenvalue weighted by molar-refractivity contribution is 6.47. The van der Waals surface area contributed by atoms with Crippen LogP contribution in [-0.2, 0) is 9.59 Å². The van der Waals surface area contributed by atoms with Crippen LogP contribution in [0.4, 0.5) is 0 Å². The maximum absolute atomic E-state index is 13.1. The largest absolute Gasteiger partial charge is 0.508 e. The highest BCUT2D eigenvalue weighted by atomic mass is 35.5. The number of aliphatic hydroxyl groups is 1. The van der Waals surface area contributed by atoms with Gasteiger partial charge in [0.15, 0.2) is 0 Å². The van der Waals surface area contributed by atoms with Gasteiger partial charge in [0.1, 0.15) is 17.3 Å². The molecule has 1 amide bonds. The fraction of sp³-hybridized carbons (Fsp3) is 0.333. The van der Waals surface area contributed by atoms with Crippen molar-refractivity contribution in [3.8, 4) is 11.5 Å². The van der Waals surface area contributed by atoms with Crippen molar-refractivity contribution in [2.75, 3.05) is 33.3 Å². The summed E-state index contributed by atoms with van der Waals surface area (Å²) in [5.41, 5.74) is 0.758. The molecule has 8 heteroatoms. The van der Waals surface area contributed by atoms with E-state index in [9.17, 15) is 19.8 Å². The van der Waals surface area contributed by atoms with Crippen molar-refractivity contribution in [3.63, 3.8) is 0 Å². The van der Waals surface area contributed by atoms with Crippen LogP contribution in [0.1, 0.15) is 31.0 Å². The van der Waals surface area contributed by atoms with E-state index in [4.69, 9.17) is 16.3 Å². The Kier molecular flexibility index (Phi) is 7.43. The van der Waals surface area contributed by atoms with E-state index in [0.29, 0.717) is 24.4 Å². The second-order valence-electron chi connectivity index (χ2n) is 7.46. The van der Waals surface area contributed by atoms with Crippen molar-refractivity contribution < 1.29 is 24.5 Å². The first kappa shape index (κ1) is 23.6. The van der Waals surface area contributed by atoms with Crippen molar-refractivity contribution in [3.05, 3.63) is 64.2 Å². The molecule has 7 nitrogen and oxygen atoms in total. The van der Waals surface area contributed by atoms with Crippen LogP contribution in [0.3, 0.4) is 0 Å². The van der Waals surface area contributed by atoms with Crippen LogP contribution in [0.15, 0.2) is 48.0 Å². The van der Waals surface area contributed by atoms with Gasteiger partial charge in [-0.3, -0.25) is 9.59 Å². The number of amides is 1. The van der Waals surface area contributed by atoms with Gasteiger partial charge in [-0.15, -0.1) is 0 Å². The fourth-order valence-corrected chi connectivity index (χ4v) is 4.07. The van der Waals surface area contributed by atoms with Gasteiger partial charge in [-0.2, -0.15) is 0 Å². The average molecular weight is 459 g/mol. The molecule has 2 aromatic rings. The van der Waals surface area contributed by atoms with Gasteiger partial charge in [-0.1, -0.05) is 37.6 Å². The maximum Gasteiger partial charge on any atom is 0.295 e. The predicted molar refractivity (Wildman–Crippen MR) is 123 cm³/mol. The number of likely N-dealkylation sites (tertiary alicyclic amines) is 1. The van der Waals surface area contributed by atoms with Gasteiger partial charge in [-0.25, -0.2) is 0 Å². The number of Topliss-reactive ketones (excluding diaryl/α,β-unsaturated/α-hetero) is 1. The third-order valence-electron chi connectivity index (χ3n) is 5.73. The maximum atomic E-state index is 13.1. The summed E-state index contributed by atoms with van der Waals surface area (Å²) in [7, 11) is 1.48. The molecular formula is C24H27ClN2O5. The Labute approximate surface area is 192 Å². The zero-order valence-electron chi connectivity index (χ0n) is 18.3. The number of hydrogen-bond acceptors (Lipinski definition) is 6. The molecule has 1 aliphatic rings. The lowest BCUT2D eigenvalue weighted by Gasteiger charge is -2.28. The first-order chi connectivity index (χ1) is 15.3. The Morgan fingerprint density at radius 2 is 1.78 bits per heavy atom. The van der Waals surface area contributed by atoms with E-state index in [2.05, 4.69) is 4.90 Å². The lowest BCUT2D eigenvalue weighted by Crippen LogP contribution is -2.38. The quantitative estimate of drug-likeness (QED) is 0.355. The van der Waals surface area contributed by atoms with E-state index >= 15 is 0 Å². The van der Waals surface area contributed by atoms with E-state index in [0.717, 1.165) is 13.1 Å². The van der Waals surface area contributed by atoms with E-state index in [1.807, 2.05) is 13.8 Å². The summed E-state index contributed by atoms with van der Waals surface area (Å²) in [6.07, 6.45) is 0. The summed E-state index contributed by atoms with van der Waals surface area (Å²) >= 11 is 6.30. The van der Waals surface area contributed by atoms with Crippen LogP contribution in [0.25, 0.3) is 5.76 Å². The van der Waals surface area contributed by atoms with E-state index in [1.165, 1.54) is 30.2 Å². The smallest absolute Gasteiger partial charge is 0.295 e. The summed E-state index contributed by atoms with van der Waals surface area (Å²) in [5.74, 6) is -1.32. The number of ketones is 1. The molecule has 1 heterocycles. The molecule has 1 fully saturated rings. The third-order valence-corrected chi connectivity index (χ3v) is 6.06. The van der Waals surface area contributed by atoms with E-state index in [-0.39, 0.29) is 27.7 Å². The molecule has 170 valence electrons.